The van der Waals surface area contributed by atoms with Crippen LogP contribution in [0.3, 0.4) is 0 Å². The number of likely N-dealkylation sites (N-methyl/N-ethyl adjacent to an activating group) is 1. The molecule has 1 aliphatic heterocycles. The van der Waals surface area contributed by atoms with Gasteiger partial charge in [-0.05, 0) is 37.1 Å². The van der Waals surface area contributed by atoms with Crippen LogP contribution in [-0.2, 0) is 10.0 Å². The lowest BCUT2D eigenvalue weighted by molar-refractivity contribution is 0.0813. The molecule has 0 aliphatic carbocycles. The predicted molar refractivity (Wildman–Crippen MR) is 132 cm³/mol. The molecule has 0 saturated carbocycles. The van der Waals surface area contributed by atoms with E-state index in [0.717, 1.165) is 6.42 Å². The van der Waals surface area contributed by atoms with Gasteiger partial charge in [-0.15, -0.1) is 0 Å². The topological polar surface area (TPSA) is 99.2 Å². The van der Waals surface area contributed by atoms with E-state index in [0.29, 0.717) is 17.7 Å². The fraction of sp³-hybridized carbons (Fsp3) is 0.480. The van der Waals surface area contributed by atoms with Crippen LogP contribution in [0.1, 0.15) is 27.2 Å². The van der Waals surface area contributed by atoms with Crippen LogP contribution in [0.15, 0.2) is 47.4 Å². The van der Waals surface area contributed by atoms with Gasteiger partial charge in [0.25, 0.3) is 0 Å². The SMILES string of the molecule is CCCNC(=O)N(C)C[C@H]1Oc2cc(-c3ccccc3F)ccc2S(=O)(=O)N([C@@H](C)CO)C[C@@H]1C. The number of halogens is 1. The number of rotatable bonds is 7. The fourth-order valence-electron chi connectivity index (χ4n) is 4.03. The van der Waals surface area contributed by atoms with Gasteiger partial charge in [0.1, 0.15) is 22.6 Å². The maximum absolute atomic E-state index is 14.5. The zero-order valence-electron chi connectivity index (χ0n) is 20.6. The van der Waals surface area contributed by atoms with Gasteiger partial charge >= 0.3 is 6.03 Å². The van der Waals surface area contributed by atoms with Gasteiger partial charge in [-0.1, -0.05) is 38.1 Å². The number of sulfonamides is 1. The Hall–Kier alpha value is -2.69. The summed E-state index contributed by atoms with van der Waals surface area (Å²) in [5, 5.41) is 12.6. The Morgan fingerprint density at radius 1 is 1.31 bits per heavy atom. The van der Waals surface area contributed by atoms with Crippen molar-refractivity contribution in [3.8, 4) is 16.9 Å². The highest BCUT2D eigenvalue weighted by molar-refractivity contribution is 7.89. The summed E-state index contributed by atoms with van der Waals surface area (Å²) in [4.78, 5) is 13.9. The van der Waals surface area contributed by atoms with E-state index >= 15 is 0 Å². The summed E-state index contributed by atoms with van der Waals surface area (Å²) in [5.74, 6) is -0.667. The number of benzene rings is 2. The van der Waals surface area contributed by atoms with Gasteiger partial charge in [0.2, 0.25) is 10.0 Å². The third-order valence-electron chi connectivity index (χ3n) is 6.18. The Kier molecular flexibility index (Phi) is 8.74. The van der Waals surface area contributed by atoms with Gasteiger partial charge < -0.3 is 20.1 Å². The van der Waals surface area contributed by atoms with Crippen molar-refractivity contribution in [2.24, 2.45) is 5.92 Å². The van der Waals surface area contributed by atoms with Gasteiger partial charge in [0.05, 0.1) is 13.2 Å². The second-order valence-electron chi connectivity index (χ2n) is 8.99. The van der Waals surface area contributed by atoms with Gasteiger partial charge in [-0.3, -0.25) is 0 Å². The van der Waals surface area contributed by atoms with Gasteiger partial charge in [-0.2, -0.15) is 4.31 Å². The van der Waals surface area contributed by atoms with Crippen molar-refractivity contribution in [1.82, 2.24) is 14.5 Å². The largest absolute Gasteiger partial charge is 0.487 e. The van der Waals surface area contributed by atoms with Crippen LogP contribution in [0.2, 0.25) is 0 Å². The first kappa shape index (κ1) is 26.9. The number of nitrogens with one attached hydrogen (secondary N) is 1. The Bertz CT molecular complexity index is 1140. The maximum Gasteiger partial charge on any atom is 0.317 e. The van der Waals surface area contributed by atoms with Crippen LogP contribution in [0.5, 0.6) is 5.75 Å². The highest BCUT2D eigenvalue weighted by Crippen LogP contribution is 2.37. The molecule has 2 N–H and O–H groups in total. The molecule has 1 aliphatic rings. The summed E-state index contributed by atoms with van der Waals surface area (Å²) < 4.78 is 49.2. The zero-order valence-corrected chi connectivity index (χ0v) is 21.4. The van der Waals surface area contributed by atoms with Crippen molar-refractivity contribution < 1.29 is 27.4 Å². The molecule has 2 amide bonds. The van der Waals surface area contributed by atoms with Crippen LogP contribution in [-0.4, -0.2) is 74.2 Å². The molecule has 0 radical (unpaired) electrons. The van der Waals surface area contributed by atoms with Gasteiger partial charge in [-0.25, -0.2) is 17.6 Å². The molecule has 1 heterocycles. The fourth-order valence-corrected chi connectivity index (χ4v) is 5.85. The number of urea groups is 1. The van der Waals surface area contributed by atoms with Gasteiger partial charge in [0.15, 0.2) is 0 Å². The Balaban J connectivity index is 2.07. The first-order chi connectivity index (χ1) is 16.6. The zero-order chi connectivity index (χ0) is 25.8. The molecule has 2 aromatic rings. The molecule has 0 aromatic heterocycles. The molecule has 0 bridgehead atoms. The van der Waals surface area contributed by atoms with Crippen molar-refractivity contribution in [3.05, 3.63) is 48.3 Å². The molecule has 0 unspecified atom stereocenters. The minimum absolute atomic E-state index is 0.0622. The normalized spacial score (nSPS) is 20.6. The lowest BCUT2D eigenvalue weighted by atomic mass is 10.0. The number of carbonyl (C=O) groups is 1. The summed E-state index contributed by atoms with van der Waals surface area (Å²) in [6.07, 6.45) is 0.249. The molecule has 35 heavy (non-hydrogen) atoms. The minimum Gasteiger partial charge on any atom is -0.487 e. The maximum atomic E-state index is 14.5. The summed E-state index contributed by atoms with van der Waals surface area (Å²) in [5.41, 5.74) is 0.791. The minimum atomic E-state index is -4.01. The smallest absolute Gasteiger partial charge is 0.317 e. The lowest BCUT2D eigenvalue weighted by Crippen LogP contribution is -2.51. The van der Waals surface area contributed by atoms with E-state index in [1.54, 1.807) is 38.2 Å². The average molecular weight is 508 g/mol. The highest BCUT2D eigenvalue weighted by Gasteiger charge is 2.38. The molecule has 0 fully saturated rings. The molecular weight excluding hydrogens is 473 g/mol. The van der Waals surface area contributed by atoms with Gasteiger partial charge in [0, 0.05) is 37.7 Å². The predicted octanol–water partition coefficient (Wildman–Crippen LogP) is 3.31. The average Bonchev–Trinajstić information content (AvgIpc) is 2.84. The molecule has 10 heteroatoms. The third kappa shape index (κ3) is 5.94. The van der Waals surface area contributed by atoms with Crippen LogP contribution >= 0.6 is 0 Å². The second-order valence-corrected chi connectivity index (χ2v) is 10.9. The van der Waals surface area contributed by atoms with Crippen LogP contribution in [0.25, 0.3) is 11.1 Å². The van der Waals surface area contributed by atoms with Crippen LogP contribution < -0.4 is 10.1 Å². The molecule has 2 aromatic carbocycles. The molecular formula is C25H34FN3O5S. The lowest BCUT2D eigenvalue weighted by Gasteiger charge is -2.37. The number of fused-ring (bicyclic) bond motifs is 1. The summed E-state index contributed by atoms with van der Waals surface area (Å²) in [6.45, 7) is 5.95. The van der Waals surface area contributed by atoms with Crippen molar-refractivity contribution >= 4 is 16.1 Å². The van der Waals surface area contributed by atoms with E-state index in [-0.39, 0.29) is 42.3 Å². The summed E-state index contributed by atoms with van der Waals surface area (Å²) >= 11 is 0. The standard InChI is InChI=1S/C25H34FN3O5S/c1-5-12-27-25(31)28(4)15-23-17(2)14-29(18(3)16-30)35(32,33)24-11-10-19(13-22(24)34-23)20-8-6-7-9-21(20)26/h6-11,13,17-18,23,30H,5,12,14-16H2,1-4H3,(H,27,31)/t17-,18-,23+/m0/s1. The number of nitrogens with zero attached hydrogens (tertiary/aromatic N) is 2. The number of hydrogen-bond donors (Lipinski definition) is 2. The molecule has 0 saturated heterocycles. The van der Waals surface area contributed by atoms with E-state index in [1.165, 1.54) is 27.4 Å². The molecule has 0 spiro atoms. The highest BCUT2D eigenvalue weighted by atomic mass is 32.2. The monoisotopic (exact) mass is 507 g/mol. The summed E-state index contributed by atoms with van der Waals surface area (Å²) in [6, 6.07) is 9.80. The van der Waals surface area contributed by atoms with Crippen molar-refractivity contribution in [2.45, 2.75) is 44.2 Å². The Morgan fingerprint density at radius 3 is 2.69 bits per heavy atom. The summed E-state index contributed by atoms with van der Waals surface area (Å²) in [7, 11) is -2.36. The first-order valence-electron chi connectivity index (χ1n) is 11.8. The van der Waals surface area contributed by atoms with E-state index in [9.17, 15) is 22.7 Å². The third-order valence-corrected chi connectivity index (χ3v) is 8.20. The quantitative estimate of drug-likeness (QED) is 0.599. The Morgan fingerprint density at radius 2 is 2.03 bits per heavy atom. The molecule has 3 atom stereocenters. The number of hydrogen-bond acceptors (Lipinski definition) is 5. The number of ether oxygens (including phenoxy) is 1. The van der Waals surface area contributed by atoms with Crippen molar-refractivity contribution in [2.75, 3.05) is 33.3 Å². The Labute approximate surface area is 206 Å². The van der Waals surface area contributed by atoms with E-state index in [4.69, 9.17) is 4.74 Å². The van der Waals surface area contributed by atoms with E-state index in [2.05, 4.69) is 5.32 Å². The number of amides is 2. The van der Waals surface area contributed by atoms with Crippen LogP contribution in [0, 0.1) is 11.7 Å². The molecule has 8 nitrogen and oxygen atoms in total. The van der Waals surface area contributed by atoms with E-state index in [1.807, 2.05) is 13.8 Å². The van der Waals surface area contributed by atoms with Crippen LogP contribution in [0.4, 0.5) is 9.18 Å². The first-order valence-corrected chi connectivity index (χ1v) is 13.2. The number of aliphatic hydroxyl groups is 1. The van der Waals surface area contributed by atoms with Crippen molar-refractivity contribution in [3.63, 3.8) is 0 Å². The molecule has 3 rings (SSSR count). The number of aliphatic hydroxyl groups excluding tert-OH is 1. The molecule has 192 valence electrons. The van der Waals surface area contributed by atoms with E-state index < -0.39 is 28.0 Å². The number of carbonyl (C=O) groups excluding carboxylic acids is 1. The second kappa shape index (κ2) is 11.4. The van der Waals surface area contributed by atoms with Crippen molar-refractivity contribution in [1.29, 1.82) is 0 Å².